The molecule has 0 radical (unpaired) electrons. The number of aromatic nitrogens is 1. The average Bonchev–Trinajstić information content (AvgIpc) is 2.22. The van der Waals surface area contributed by atoms with Crippen LogP contribution in [0.3, 0.4) is 0 Å². The van der Waals surface area contributed by atoms with E-state index in [9.17, 15) is 0 Å². The van der Waals surface area contributed by atoms with Crippen molar-refractivity contribution < 1.29 is 0 Å². The van der Waals surface area contributed by atoms with Crippen molar-refractivity contribution in [2.75, 3.05) is 13.1 Å². The molecular formula is C13H20N2. The van der Waals surface area contributed by atoms with Gasteiger partial charge in [0.05, 0.1) is 0 Å². The van der Waals surface area contributed by atoms with Crippen LogP contribution in [0.5, 0.6) is 0 Å². The maximum Gasteiger partial charge on any atom is 0.0375 e. The Balaban J connectivity index is 1.92. The topological polar surface area (TPSA) is 16.1 Å². The van der Waals surface area contributed by atoms with Crippen LogP contribution in [0, 0.1) is 12.8 Å². The lowest BCUT2D eigenvalue weighted by Crippen LogP contribution is -2.32. The first-order chi connectivity index (χ1) is 7.24. The van der Waals surface area contributed by atoms with Gasteiger partial charge >= 0.3 is 0 Å². The van der Waals surface area contributed by atoms with Gasteiger partial charge in [0.2, 0.25) is 0 Å². The first kappa shape index (κ1) is 10.6. The van der Waals surface area contributed by atoms with Gasteiger partial charge in [-0.2, -0.15) is 0 Å². The summed E-state index contributed by atoms with van der Waals surface area (Å²) in [6, 6.07) is 4.32. The number of pyridine rings is 1. The summed E-state index contributed by atoms with van der Waals surface area (Å²) in [5.74, 6) is 0.917. The number of likely N-dealkylation sites (tertiary alicyclic amines) is 1. The molecule has 0 atom stereocenters. The summed E-state index contributed by atoms with van der Waals surface area (Å²) in [5, 5.41) is 0. The Bertz CT molecular complexity index is 314. The Labute approximate surface area is 92.3 Å². The van der Waals surface area contributed by atoms with E-state index in [1.165, 1.54) is 31.5 Å². The molecule has 0 N–H and O–H groups in total. The number of aryl methyl sites for hydroxylation is 1. The van der Waals surface area contributed by atoms with Crippen LogP contribution in [0.4, 0.5) is 0 Å². The van der Waals surface area contributed by atoms with Crippen LogP contribution < -0.4 is 0 Å². The Morgan fingerprint density at radius 3 is 2.80 bits per heavy atom. The molecule has 1 aliphatic heterocycles. The van der Waals surface area contributed by atoms with Crippen LogP contribution >= 0.6 is 0 Å². The van der Waals surface area contributed by atoms with E-state index in [-0.39, 0.29) is 0 Å². The lowest BCUT2D eigenvalue weighted by Gasteiger charge is -2.30. The van der Waals surface area contributed by atoms with E-state index < -0.39 is 0 Å². The van der Waals surface area contributed by atoms with Gasteiger partial charge in [0.25, 0.3) is 0 Å². The molecule has 0 unspecified atom stereocenters. The molecule has 0 spiro atoms. The molecule has 2 heteroatoms. The molecule has 0 amide bonds. The molecule has 1 fully saturated rings. The Morgan fingerprint density at radius 2 is 2.13 bits per heavy atom. The maximum atomic E-state index is 4.23. The van der Waals surface area contributed by atoms with E-state index in [2.05, 4.69) is 35.9 Å². The van der Waals surface area contributed by atoms with E-state index in [0.29, 0.717) is 0 Å². The van der Waals surface area contributed by atoms with Gasteiger partial charge in [0, 0.05) is 18.4 Å². The normalized spacial score (nSPS) is 19.3. The number of nitrogens with zero attached hydrogens (tertiary/aromatic N) is 2. The van der Waals surface area contributed by atoms with Crippen LogP contribution in [0.15, 0.2) is 18.3 Å². The van der Waals surface area contributed by atoms with Gasteiger partial charge < -0.3 is 0 Å². The smallest absolute Gasteiger partial charge is 0.0375 e. The van der Waals surface area contributed by atoms with Crippen LogP contribution in [0.1, 0.15) is 31.0 Å². The number of hydrogen-bond acceptors (Lipinski definition) is 2. The zero-order valence-electron chi connectivity index (χ0n) is 9.74. The van der Waals surface area contributed by atoms with Gasteiger partial charge in [-0.1, -0.05) is 6.92 Å². The highest BCUT2D eigenvalue weighted by molar-refractivity contribution is 5.15. The molecule has 0 aliphatic carbocycles. The minimum absolute atomic E-state index is 0.917. The minimum atomic E-state index is 0.917. The van der Waals surface area contributed by atoms with Crippen molar-refractivity contribution in [3.8, 4) is 0 Å². The lowest BCUT2D eigenvalue weighted by molar-refractivity contribution is 0.185. The molecular weight excluding hydrogens is 184 g/mol. The zero-order chi connectivity index (χ0) is 10.7. The van der Waals surface area contributed by atoms with Gasteiger partial charge in [-0.3, -0.25) is 9.88 Å². The van der Waals surface area contributed by atoms with Crippen LogP contribution in [-0.4, -0.2) is 23.0 Å². The predicted octanol–water partition coefficient (Wildman–Crippen LogP) is 2.62. The Hall–Kier alpha value is -0.890. The number of rotatable bonds is 2. The quantitative estimate of drug-likeness (QED) is 0.736. The molecule has 2 rings (SSSR count). The third-order valence-electron chi connectivity index (χ3n) is 3.24. The fraction of sp³-hybridized carbons (Fsp3) is 0.615. The highest BCUT2D eigenvalue weighted by Gasteiger charge is 2.15. The fourth-order valence-electron chi connectivity index (χ4n) is 2.18. The fourth-order valence-corrected chi connectivity index (χ4v) is 2.18. The zero-order valence-corrected chi connectivity index (χ0v) is 9.74. The molecule has 1 aromatic heterocycles. The summed E-state index contributed by atoms with van der Waals surface area (Å²) in [5.41, 5.74) is 2.52. The van der Waals surface area contributed by atoms with Crippen molar-refractivity contribution in [3.05, 3.63) is 29.6 Å². The Kier molecular flexibility index (Phi) is 3.37. The van der Waals surface area contributed by atoms with E-state index >= 15 is 0 Å². The van der Waals surface area contributed by atoms with Crippen molar-refractivity contribution in [2.45, 2.75) is 33.2 Å². The predicted molar refractivity (Wildman–Crippen MR) is 62.6 cm³/mol. The molecule has 15 heavy (non-hydrogen) atoms. The highest BCUT2D eigenvalue weighted by atomic mass is 15.1. The summed E-state index contributed by atoms with van der Waals surface area (Å²) in [6.45, 7) is 8.01. The molecule has 1 aliphatic rings. The second-order valence-corrected chi connectivity index (χ2v) is 4.76. The molecule has 1 aromatic rings. The van der Waals surface area contributed by atoms with E-state index in [1.54, 1.807) is 0 Å². The SMILES string of the molecule is Cc1cc(CN2CCC(C)CC2)ccn1. The van der Waals surface area contributed by atoms with Crippen molar-refractivity contribution >= 4 is 0 Å². The van der Waals surface area contributed by atoms with Gasteiger partial charge in [0.15, 0.2) is 0 Å². The molecule has 0 aromatic carbocycles. The monoisotopic (exact) mass is 204 g/mol. The number of piperidine rings is 1. The van der Waals surface area contributed by atoms with Gasteiger partial charge in [0.1, 0.15) is 0 Å². The average molecular weight is 204 g/mol. The summed E-state index contributed by atoms with van der Waals surface area (Å²) in [4.78, 5) is 6.78. The van der Waals surface area contributed by atoms with Gasteiger partial charge in [-0.25, -0.2) is 0 Å². The molecule has 1 saturated heterocycles. The number of hydrogen-bond donors (Lipinski definition) is 0. The third kappa shape index (κ3) is 3.03. The van der Waals surface area contributed by atoms with Crippen LogP contribution in [0.25, 0.3) is 0 Å². The lowest BCUT2D eigenvalue weighted by atomic mass is 9.99. The Morgan fingerprint density at radius 1 is 1.40 bits per heavy atom. The maximum absolute atomic E-state index is 4.23. The third-order valence-corrected chi connectivity index (χ3v) is 3.24. The molecule has 0 bridgehead atoms. The van der Waals surface area contributed by atoms with Crippen molar-refractivity contribution in [2.24, 2.45) is 5.92 Å². The standard InChI is InChI=1S/C13H20N2/c1-11-4-7-15(8-5-11)10-13-3-6-14-12(2)9-13/h3,6,9,11H,4-5,7-8,10H2,1-2H3. The summed E-state index contributed by atoms with van der Waals surface area (Å²) in [7, 11) is 0. The van der Waals surface area contributed by atoms with E-state index in [0.717, 1.165) is 18.2 Å². The van der Waals surface area contributed by atoms with Crippen LogP contribution in [-0.2, 0) is 6.54 Å². The first-order valence-electron chi connectivity index (χ1n) is 5.88. The van der Waals surface area contributed by atoms with Crippen molar-refractivity contribution in [1.29, 1.82) is 0 Å². The van der Waals surface area contributed by atoms with Gasteiger partial charge in [-0.05, 0) is 56.5 Å². The summed E-state index contributed by atoms with van der Waals surface area (Å²) in [6.07, 6.45) is 4.62. The summed E-state index contributed by atoms with van der Waals surface area (Å²) < 4.78 is 0. The second kappa shape index (κ2) is 4.75. The first-order valence-corrected chi connectivity index (χ1v) is 5.88. The van der Waals surface area contributed by atoms with Gasteiger partial charge in [-0.15, -0.1) is 0 Å². The molecule has 0 saturated carbocycles. The van der Waals surface area contributed by atoms with Crippen molar-refractivity contribution in [1.82, 2.24) is 9.88 Å². The summed E-state index contributed by atoms with van der Waals surface area (Å²) >= 11 is 0. The van der Waals surface area contributed by atoms with Crippen LogP contribution in [0.2, 0.25) is 0 Å². The molecule has 2 nitrogen and oxygen atoms in total. The highest BCUT2D eigenvalue weighted by Crippen LogP contribution is 2.17. The molecule has 82 valence electrons. The van der Waals surface area contributed by atoms with Crippen molar-refractivity contribution in [3.63, 3.8) is 0 Å². The largest absolute Gasteiger partial charge is 0.299 e. The molecule has 2 heterocycles. The second-order valence-electron chi connectivity index (χ2n) is 4.76. The van der Waals surface area contributed by atoms with E-state index in [1.807, 2.05) is 6.20 Å². The minimum Gasteiger partial charge on any atom is -0.299 e. The van der Waals surface area contributed by atoms with E-state index in [4.69, 9.17) is 0 Å².